The third-order valence-corrected chi connectivity index (χ3v) is 5.69. The van der Waals surface area contributed by atoms with Gasteiger partial charge in [0.2, 0.25) is 0 Å². The van der Waals surface area contributed by atoms with Gasteiger partial charge in [0.25, 0.3) is 0 Å². The largest absolute Gasteiger partial charge is 0.328 e. The molecule has 1 fully saturated rings. The number of nitrogens with zero attached hydrogens (tertiary/aromatic N) is 5. The minimum atomic E-state index is 0.723. The van der Waals surface area contributed by atoms with Crippen molar-refractivity contribution in [1.29, 1.82) is 0 Å². The van der Waals surface area contributed by atoms with E-state index >= 15 is 0 Å². The van der Waals surface area contributed by atoms with Gasteiger partial charge in [-0.15, -0.1) is 0 Å². The van der Waals surface area contributed by atoms with Gasteiger partial charge in [-0.25, -0.2) is 4.98 Å². The van der Waals surface area contributed by atoms with Crippen molar-refractivity contribution in [2.24, 2.45) is 18.9 Å². The third kappa shape index (κ3) is 2.68. The minimum Gasteiger partial charge on any atom is -0.328 e. The lowest BCUT2D eigenvalue weighted by Gasteiger charge is -2.27. The molecular weight excluding hydrogens is 310 g/mol. The van der Waals surface area contributed by atoms with Crippen LogP contribution in [0, 0.1) is 11.8 Å². The molecule has 2 aromatic heterocycles. The fourth-order valence-electron chi connectivity index (χ4n) is 4.50. The van der Waals surface area contributed by atoms with E-state index in [0.29, 0.717) is 0 Å². The van der Waals surface area contributed by atoms with Crippen molar-refractivity contribution in [3.05, 3.63) is 60.3 Å². The maximum atomic E-state index is 4.74. The molecule has 5 nitrogen and oxygen atoms in total. The van der Waals surface area contributed by atoms with E-state index in [-0.39, 0.29) is 0 Å². The first kappa shape index (κ1) is 14.9. The molecule has 0 amide bonds. The second-order valence-electron chi connectivity index (χ2n) is 7.48. The highest BCUT2D eigenvalue weighted by Crippen LogP contribution is 2.35. The number of hydrogen-bond acceptors (Lipinski definition) is 3. The summed E-state index contributed by atoms with van der Waals surface area (Å²) in [6, 6.07) is 10.6. The van der Waals surface area contributed by atoms with Crippen molar-refractivity contribution in [3.8, 4) is 11.3 Å². The number of rotatable bonds is 3. The molecule has 5 heteroatoms. The Morgan fingerprint density at radius 1 is 1.04 bits per heavy atom. The fraction of sp³-hybridized carbons (Fsp3) is 0.400. The Labute approximate surface area is 147 Å². The summed E-state index contributed by atoms with van der Waals surface area (Å²) in [7, 11) is 1.98. The summed E-state index contributed by atoms with van der Waals surface area (Å²) in [5, 5.41) is 4.29. The predicted octanol–water partition coefficient (Wildman–Crippen LogP) is 2.59. The highest BCUT2D eigenvalue weighted by atomic mass is 15.2. The second-order valence-corrected chi connectivity index (χ2v) is 7.48. The summed E-state index contributed by atoms with van der Waals surface area (Å²) >= 11 is 0. The summed E-state index contributed by atoms with van der Waals surface area (Å²) in [6.45, 7) is 4.45. The Bertz CT molecular complexity index is 879. The van der Waals surface area contributed by atoms with Gasteiger partial charge in [0.15, 0.2) is 0 Å². The molecule has 3 aromatic rings. The lowest BCUT2D eigenvalue weighted by atomic mass is 9.89. The molecule has 0 spiro atoms. The molecule has 0 aliphatic carbocycles. The van der Waals surface area contributed by atoms with Crippen LogP contribution >= 0.6 is 0 Å². The first-order valence-electron chi connectivity index (χ1n) is 9.06. The van der Waals surface area contributed by atoms with Crippen LogP contribution in [0.1, 0.15) is 11.4 Å². The molecule has 25 heavy (non-hydrogen) atoms. The molecule has 2 aliphatic rings. The van der Waals surface area contributed by atoms with E-state index in [0.717, 1.165) is 31.3 Å². The summed E-state index contributed by atoms with van der Waals surface area (Å²) in [4.78, 5) is 7.32. The van der Waals surface area contributed by atoms with Gasteiger partial charge in [0, 0.05) is 51.4 Å². The van der Waals surface area contributed by atoms with E-state index in [1.807, 2.05) is 17.9 Å². The Morgan fingerprint density at radius 2 is 1.88 bits per heavy atom. The van der Waals surface area contributed by atoms with Crippen LogP contribution in [0.4, 0.5) is 0 Å². The minimum absolute atomic E-state index is 0.723. The van der Waals surface area contributed by atoms with Crippen LogP contribution in [-0.4, -0.2) is 37.3 Å². The van der Waals surface area contributed by atoms with Gasteiger partial charge in [0.05, 0.1) is 18.1 Å². The number of aromatic nitrogens is 4. The van der Waals surface area contributed by atoms with Crippen molar-refractivity contribution in [1.82, 2.24) is 24.2 Å². The number of aryl methyl sites for hydroxylation is 1. The van der Waals surface area contributed by atoms with Crippen LogP contribution < -0.4 is 0 Å². The normalized spacial score (nSPS) is 22.8. The Morgan fingerprint density at radius 3 is 2.68 bits per heavy atom. The first-order chi connectivity index (χ1) is 12.3. The maximum absolute atomic E-state index is 4.74. The number of benzene rings is 1. The summed E-state index contributed by atoms with van der Waals surface area (Å²) < 4.78 is 4.34. The molecule has 0 radical (unpaired) electrons. The molecule has 2 aliphatic heterocycles. The smallest absolute Gasteiger partial charge is 0.109 e. The molecule has 1 aromatic carbocycles. The number of imidazole rings is 1. The third-order valence-electron chi connectivity index (χ3n) is 5.69. The van der Waals surface area contributed by atoms with E-state index in [1.165, 1.54) is 35.7 Å². The van der Waals surface area contributed by atoms with E-state index < -0.39 is 0 Å². The van der Waals surface area contributed by atoms with Gasteiger partial charge in [-0.2, -0.15) is 5.10 Å². The van der Waals surface area contributed by atoms with E-state index in [9.17, 15) is 0 Å². The fourth-order valence-corrected chi connectivity index (χ4v) is 4.50. The Balaban J connectivity index is 1.35. The maximum Gasteiger partial charge on any atom is 0.109 e. The molecule has 0 saturated carbocycles. The Hall–Kier alpha value is -2.40. The van der Waals surface area contributed by atoms with Crippen molar-refractivity contribution >= 4 is 0 Å². The lowest BCUT2D eigenvalue weighted by Crippen LogP contribution is -2.28. The van der Waals surface area contributed by atoms with Gasteiger partial charge in [-0.05, 0) is 17.4 Å². The zero-order chi connectivity index (χ0) is 16.8. The zero-order valence-corrected chi connectivity index (χ0v) is 14.5. The van der Waals surface area contributed by atoms with Crippen molar-refractivity contribution in [2.75, 3.05) is 13.1 Å². The summed E-state index contributed by atoms with van der Waals surface area (Å²) in [5.41, 5.74) is 3.84. The average molecular weight is 333 g/mol. The molecule has 0 unspecified atom stereocenters. The highest BCUT2D eigenvalue weighted by Gasteiger charge is 2.37. The topological polar surface area (TPSA) is 38.9 Å². The van der Waals surface area contributed by atoms with E-state index in [1.54, 1.807) is 0 Å². The van der Waals surface area contributed by atoms with Gasteiger partial charge in [0.1, 0.15) is 5.82 Å². The number of likely N-dealkylation sites (tertiary alicyclic amines) is 1. The molecule has 128 valence electrons. The SMILES string of the molecule is Cn1cc(CN2C[C@@H]3Cc4ncc(-c5ccccc5)n4C[C@@H]3C2)cn1. The highest BCUT2D eigenvalue weighted by molar-refractivity contribution is 5.59. The van der Waals surface area contributed by atoms with Gasteiger partial charge < -0.3 is 4.57 Å². The first-order valence-corrected chi connectivity index (χ1v) is 9.06. The van der Waals surface area contributed by atoms with E-state index in [2.05, 4.69) is 57.3 Å². The van der Waals surface area contributed by atoms with Crippen LogP contribution in [-0.2, 0) is 26.6 Å². The summed E-state index contributed by atoms with van der Waals surface area (Å²) in [5.74, 6) is 2.71. The van der Waals surface area contributed by atoms with Crippen LogP contribution in [0.3, 0.4) is 0 Å². The molecular formula is C20H23N5. The van der Waals surface area contributed by atoms with Crippen molar-refractivity contribution < 1.29 is 0 Å². The zero-order valence-electron chi connectivity index (χ0n) is 14.5. The van der Waals surface area contributed by atoms with Gasteiger partial charge >= 0.3 is 0 Å². The number of fused-ring (bicyclic) bond motifs is 2. The predicted molar refractivity (Wildman–Crippen MR) is 96.8 cm³/mol. The number of hydrogen-bond donors (Lipinski definition) is 0. The van der Waals surface area contributed by atoms with Crippen molar-refractivity contribution in [3.63, 3.8) is 0 Å². The monoisotopic (exact) mass is 333 g/mol. The van der Waals surface area contributed by atoms with Crippen LogP contribution in [0.5, 0.6) is 0 Å². The molecule has 0 bridgehead atoms. The summed E-state index contributed by atoms with van der Waals surface area (Å²) in [6.07, 6.45) is 7.27. The molecule has 1 saturated heterocycles. The second kappa shape index (κ2) is 5.85. The van der Waals surface area contributed by atoms with Gasteiger partial charge in [-0.1, -0.05) is 30.3 Å². The Kier molecular flexibility index (Phi) is 3.48. The quantitative estimate of drug-likeness (QED) is 0.739. The van der Waals surface area contributed by atoms with Crippen LogP contribution in [0.25, 0.3) is 11.3 Å². The molecule has 5 rings (SSSR count). The molecule has 4 heterocycles. The average Bonchev–Trinajstić information content (AvgIpc) is 3.31. The van der Waals surface area contributed by atoms with E-state index in [4.69, 9.17) is 4.98 Å². The van der Waals surface area contributed by atoms with Crippen LogP contribution in [0.15, 0.2) is 48.9 Å². The van der Waals surface area contributed by atoms with Crippen molar-refractivity contribution in [2.45, 2.75) is 19.5 Å². The molecule has 0 N–H and O–H groups in total. The standard InChI is InChI=1S/C20H23N5/c1-23-10-15(8-22-23)11-24-12-17-7-20-21-9-19(16-5-3-2-4-6-16)25(20)14-18(17)13-24/h2-6,8-10,17-18H,7,11-14H2,1H3/t17-,18-/m0/s1. The molecule has 2 atom stereocenters. The van der Waals surface area contributed by atoms with Gasteiger partial charge in [-0.3, -0.25) is 9.58 Å². The lowest BCUT2D eigenvalue weighted by molar-refractivity contribution is 0.307. The van der Waals surface area contributed by atoms with Crippen LogP contribution in [0.2, 0.25) is 0 Å².